The van der Waals surface area contributed by atoms with Crippen LogP contribution in [0, 0.1) is 11.7 Å². The molecule has 1 saturated carbocycles. The fraction of sp³-hybridized carbons (Fsp3) is 0.625. The molecule has 2 atom stereocenters. The Morgan fingerprint density at radius 3 is 2.89 bits per heavy atom. The number of halogens is 1. The third-order valence-corrected chi connectivity index (χ3v) is 4.38. The molecule has 1 aromatic carbocycles. The lowest BCUT2D eigenvalue weighted by atomic mass is 9.85. The predicted molar refractivity (Wildman–Crippen MR) is 73.8 cm³/mol. The highest BCUT2D eigenvalue weighted by Gasteiger charge is 2.48. The molecule has 1 fully saturated rings. The van der Waals surface area contributed by atoms with Crippen molar-refractivity contribution in [1.82, 2.24) is 5.32 Å². The SMILES string of the molecule is CCCNC1CC(C)(C2CC2)Oc2ccc(F)cc21. The zero-order chi connectivity index (χ0) is 13.5. The Kier molecular flexibility index (Phi) is 3.25. The number of hydrogen-bond acceptors (Lipinski definition) is 2. The van der Waals surface area contributed by atoms with Crippen molar-refractivity contribution in [3.8, 4) is 5.75 Å². The van der Waals surface area contributed by atoms with Gasteiger partial charge < -0.3 is 10.1 Å². The second-order valence-electron chi connectivity index (χ2n) is 6.08. The Bertz CT molecular complexity index is 472. The molecule has 19 heavy (non-hydrogen) atoms. The molecule has 0 aromatic heterocycles. The zero-order valence-corrected chi connectivity index (χ0v) is 11.7. The molecule has 1 aliphatic heterocycles. The molecule has 3 rings (SSSR count). The van der Waals surface area contributed by atoms with Crippen molar-refractivity contribution in [3.63, 3.8) is 0 Å². The van der Waals surface area contributed by atoms with Crippen LogP contribution < -0.4 is 10.1 Å². The van der Waals surface area contributed by atoms with E-state index in [1.54, 1.807) is 12.1 Å². The van der Waals surface area contributed by atoms with Gasteiger partial charge in [-0.2, -0.15) is 0 Å². The first kappa shape index (κ1) is 12.9. The van der Waals surface area contributed by atoms with Gasteiger partial charge in [-0.15, -0.1) is 0 Å². The van der Waals surface area contributed by atoms with E-state index in [2.05, 4.69) is 19.2 Å². The van der Waals surface area contributed by atoms with E-state index in [1.165, 1.54) is 18.9 Å². The van der Waals surface area contributed by atoms with Crippen LogP contribution in [0.15, 0.2) is 18.2 Å². The average Bonchev–Trinajstić information content (AvgIpc) is 3.21. The quantitative estimate of drug-likeness (QED) is 0.891. The maximum absolute atomic E-state index is 13.5. The molecular formula is C16H22FNO. The van der Waals surface area contributed by atoms with Gasteiger partial charge in [0.2, 0.25) is 0 Å². The summed E-state index contributed by atoms with van der Waals surface area (Å²) in [4.78, 5) is 0. The maximum atomic E-state index is 13.5. The topological polar surface area (TPSA) is 21.3 Å². The number of fused-ring (bicyclic) bond motifs is 1. The fourth-order valence-corrected chi connectivity index (χ4v) is 3.14. The molecule has 1 heterocycles. The Balaban J connectivity index is 1.91. The van der Waals surface area contributed by atoms with Gasteiger partial charge in [0.15, 0.2) is 0 Å². The molecular weight excluding hydrogens is 241 g/mol. The molecule has 1 aliphatic carbocycles. The highest BCUT2D eigenvalue weighted by Crippen LogP contribution is 2.50. The van der Waals surface area contributed by atoms with Gasteiger partial charge in [0.05, 0.1) is 0 Å². The van der Waals surface area contributed by atoms with Crippen molar-refractivity contribution in [1.29, 1.82) is 0 Å². The summed E-state index contributed by atoms with van der Waals surface area (Å²) in [5.74, 6) is 1.34. The van der Waals surface area contributed by atoms with Crippen LogP contribution in [-0.2, 0) is 0 Å². The van der Waals surface area contributed by atoms with Crippen LogP contribution in [-0.4, -0.2) is 12.1 Å². The number of rotatable bonds is 4. The lowest BCUT2D eigenvalue weighted by Gasteiger charge is -2.40. The van der Waals surface area contributed by atoms with Crippen molar-refractivity contribution < 1.29 is 9.13 Å². The summed E-state index contributed by atoms with van der Waals surface area (Å²) >= 11 is 0. The van der Waals surface area contributed by atoms with E-state index in [0.717, 1.165) is 30.7 Å². The van der Waals surface area contributed by atoms with Crippen molar-refractivity contribution in [2.45, 2.75) is 51.2 Å². The maximum Gasteiger partial charge on any atom is 0.125 e. The van der Waals surface area contributed by atoms with Crippen LogP contribution in [0.1, 0.15) is 51.1 Å². The summed E-state index contributed by atoms with van der Waals surface area (Å²) < 4.78 is 19.7. The standard InChI is InChI=1S/C16H22FNO/c1-3-8-18-14-10-16(2,11-4-5-11)19-15-7-6-12(17)9-13(14)15/h6-7,9,11,14,18H,3-5,8,10H2,1-2H3. The minimum atomic E-state index is -0.180. The lowest BCUT2D eigenvalue weighted by Crippen LogP contribution is -2.43. The van der Waals surface area contributed by atoms with Gasteiger partial charge in [0, 0.05) is 18.0 Å². The van der Waals surface area contributed by atoms with Crippen molar-refractivity contribution in [2.75, 3.05) is 6.54 Å². The summed E-state index contributed by atoms with van der Waals surface area (Å²) in [6.07, 6.45) is 4.54. The Morgan fingerprint density at radius 1 is 1.42 bits per heavy atom. The second-order valence-corrected chi connectivity index (χ2v) is 6.08. The highest BCUT2D eigenvalue weighted by molar-refractivity contribution is 5.39. The van der Waals surface area contributed by atoms with Crippen molar-refractivity contribution in [3.05, 3.63) is 29.6 Å². The Labute approximate surface area is 114 Å². The largest absolute Gasteiger partial charge is 0.487 e. The van der Waals surface area contributed by atoms with Crippen LogP contribution in [0.2, 0.25) is 0 Å². The Hall–Kier alpha value is -1.09. The summed E-state index contributed by atoms with van der Waals surface area (Å²) in [7, 11) is 0. The molecule has 104 valence electrons. The molecule has 0 spiro atoms. The van der Waals surface area contributed by atoms with E-state index in [9.17, 15) is 4.39 Å². The molecule has 2 unspecified atom stereocenters. The van der Waals surface area contributed by atoms with Gasteiger partial charge in [-0.1, -0.05) is 6.92 Å². The minimum Gasteiger partial charge on any atom is -0.487 e. The fourth-order valence-electron chi connectivity index (χ4n) is 3.14. The monoisotopic (exact) mass is 263 g/mol. The molecule has 1 aromatic rings. The van der Waals surface area contributed by atoms with E-state index < -0.39 is 0 Å². The second kappa shape index (κ2) is 4.78. The van der Waals surface area contributed by atoms with Gasteiger partial charge in [-0.05, 0) is 56.8 Å². The van der Waals surface area contributed by atoms with Crippen LogP contribution in [0.4, 0.5) is 4.39 Å². The summed E-state index contributed by atoms with van der Waals surface area (Å²) in [6.45, 7) is 5.32. The van der Waals surface area contributed by atoms with E-state index in [-0.39, 0.29) is 17.5 Å². The molecule has 3 heteroatoms. The average molecular weight is 263 g/mol. The highest BCUT2D eigenvalue weighted by atomic mass is 19.1. The normalized spacial score (nSPS) is 29.7. The molecule has 2 aliphatic rings. The number of ether oxygens (including phenoxy) is 1. The lowest BCUT2D eigenvalue weighted by molar-refractivity contribution is 0.0267. The number of benzene rings is 1. The van der Waals surface area contributed by atoms with Crippen LogP contribution in [0.3, 0.4) is 0 Å². The zero-order valence-electron chi connectivity index (χ0n) is 11.7. The van der Waals surface area contributed by atoms with Crippen LogP contribution in [0.25, 0.3) is 0 Å². The molecule has 0 saturated heterocycles. The molecule has 0 radical (unpaired) electrons. The Morgan fingerprint density at radius 2 is 2.21 bits per heavy atom. The molecule has 0 bridgehead atoms. The van der Waals surface area contributed by atoms with Crippen LogP contribution in [0.5, 0.6) is 5.75 Å². The molecule has 1 N–H and O–H groups in total. The van der Waals surface area contributed by atoms with Crippen molar-refractivity contribution >= 4 is 0 Å². The van der Waals surface area contributed by atoms with Gasteiger partial charge in [0.25, 0.3) is 0 Å². The summed E-state index contributed by atoms with van der Waals surface area (Å²) in [6, 6.07) is 5.11. The first-order valence-electron chi connectivity index (χ1n) is 7.34. The van der Waals surface area contributed by atoms with Gasteiger partial charge in [-0.3, -0.25) is 0 Å². The number of hydrogen-bond donors (Lipinski definition) is 1. The smallest absolute Gasteiger partial charge is 0.125 e. The van der Waals surface area contributed by atoms with E-state index in [1.807, 2.05) is 0 Å². The number of nitrogens with one attached hydrogen (secondary N) is 1. The minimum absolute atomic E-state index is 0.0871. The van der Waals surface area contributed by atoms with E-state index in [4.69, 9.17) is 4.74 Å². The van der Waals surface area contributed by atoms with Gasteiger partial charge in [-0.25, -0.2) is 4.39 Å². The predicted octanol–water partition coefficient (Wildman–Crippen LogP) is 3.82. The van der Waals surface area contributed by atoms with Gasteiger partial charge in [0.1, 0.15) is 17.2 Å². The third-order valence-electron chi connectivity index (χ3n) is 4.38. The summed E-state index contributed by atoms with van der Waals surface area (Å²) in [5.41, 5.74) is 0.891. The molecule has 0 amide bonds. The van der Waals surface area contributed by atoms with E-state index >= 15 is 0 Å². The first-order chi connectivity index (χ1) is 9.12. The third kappa shape index (κ3) is 2.48. The van der Waals surface area contributed by atoms with E-state index in [0.29, 0.717) is 5.92 Å². The summed E-state index contributed by atoms with van der Waals surface area (Å²) in [5, 5.41) is 3.55. The molecule has 2 nitrogen and oxygen atoms in total. The van der Waals surface area contributed by atoms with Crippen LogP contribution >= 0.6 is 0 Å². The van der Waals surface area contributed by atoms with Gasteiger partial charge >= 0.3 is 0 Å². The first-order valence-corrected chi connectivity index (χ1v) is 7.34. The van der Waals surface area contributed by atoms with Crippen molar-refractivity contribution in [2.24, 2.45) is 5.92 Å².